The molecule has 11 heteroatoms. The van der Waals surface area contributed by atoms with Gasteiger partial charge in [-0.2, -0.15) is 0 Å². The van der Waals surface area contributed by atoms with Gasteiger partial charge in [0.25, 0.3) is 0 Å². The molecule has 1 atom stereocenters. The van der Waals surface area contributed by atoms with Crippen LogP contribution in [-0.4, -0.2) is 48.9 Å². The van der Waals surface area contributed by atoms with E-state index in [2.05, 4.69) is 0 Å². The summed E-state index contributed by atoms with van der Waals surface area (Å²) in [5.74, 6) is -1.67. The third-order valence-corrected chi connectivity index (χ3v) is 6.51. The van der Waals surface area contributed by atoms with E-state index in [-0.39, 0.29) is 31.7 Å². The number of nitrogens with two attached hydrogens (primary N) is 1. The lowest BCUT2D eigenvalue weighted by Gasteiger charge is -2.30. The Hall–Kier alpha value is -3.82. The van der Waals surface area contributed by atoms with Crippen LogP contribution in [0.15, 0.2) is 78.9 Å². The molecule has 0 aliphatic heterocycles. The van der Waals surface area contributed by atoms with Gasteiger partial charge in [0.2, 0.25) is 0 Å². The Morgan fingerprint density at radius 3 is 1.90 bits per heavy atom. The predicted molar refractivity (Wildman–Crippen MR) is 158 cm³/mol. The third kappa shape index (κ3) is 9.65. The summed E-state index contributed by atoms with van der Waals surface area (Å²) in [6, 6.07) is 19.6. The number of urea groups is 1. The van der Waals surface area contributed by atoms with Crippen molar-refractivity contribution in [3.63, 3.8) is 0 Å². The van der Waals surface area contributed by atoms with E-state index in [1.165, 1.54) is 12.1 Å². The third-order valence-electron chi connectivity index (χ3n) is 6.17. The summed E-state index contributed by atoms with van der Waals surface area (Å²) in [6.45, 7) is 0.798. The van der Waals surface area contributed by atoms with E-state index >= 15 is 4.39 Å². The van der Waals surface area contributed by atoms with Gasteiger partial charge in [-0.3, -0.25) is 9.69 Å². The van der Waals surface area contributed by atoms with Gasteiger partial charge in [0.1, 0.15) is 25.1 Å². The van der Waals surface area contributed by atoms with Gasteiger partial charge in [-0.15, -0.1) is 23.2 Å². The summed E-state index contributed by atoms with van der Waals surface area (Å²) in [5, 5.41) is 0. The summed E-state index contributed by atoms with van der Waals surface area (Å²) < 4.78 is 26.3. The number of carbonyl (C=O) groups excluding carboxylic acids is 3. The Morgan fingerprint density at radius 1 is 0.829 bits per heavy atom. The molecule has 0 spiro atoms. The molecular weight excluding hydrogens is 572 g/mol. The van der Waals surface area contributed by atoms with Crippen LogP contribution in [0.3, 0.4) is 0 Å². The van der Waals surface area contributed by atoms with Gasteiger partial charge in [0.05, 0.1) is 5.69 Å². The van der Waals surface area contributed by atoms with E-state index in [9.17, 15) is 14.4 Å². The molecule has 41 heavy (non-hydrogen) atoms. The summed E-state index contributed by atoms with van der Waals surface area (Å²) in [7, 11) is 0. The fourth-order valence-electron chi connectivity index (χ4n) is 4.14. The topological polar surface area (TPSA) is 102 Å². The number of anilines is 2. The standard InChI is InChI=1S/C30H32Cl2FN3O5/c31-15-17-35(18-16-32)24-11-12-26(25(33)19-24)36(30(34)39)27(29(38)41-21-23-9-5-2-6-10-23)13-14-28(37)40-20-22-7-3-1-4-8-22/h1-12,19,27H,13-18,20-21H2,(H2,34,39)/t27-/m0/s1. The van der Waals surface area contributed by atoms with Crippen LogP contribution in [0.2, 0.25) is 0 Å². The molecule has 0 fully saturated rings. The first-order valence-corrected chi connectivity index (χ1v) is 14.1. The molecule has 3 aromatic carbocycles. The van der Waals surface area contributed by atoms with Crippen molar-refractivity contribution in [3.8, 4) is 0 Å². The molecule has 0 radical (unpaired) electrons. The van der Waals surface area contributed by atoms with Crippen LogP contribution in [0.25, 0.3) is 0 Å². The van der Waals surface area contributed by atoms with Gasteiger partial charge < -0.3 is 20.1 Å². The average molecular weight is 605 g/mol. The summed E-state index contributed by atoms with van der Waals surface area (Å²) in [4.78, 5) is 41.1. The number of ether oxygens (including phenoxy) is 2. The number of alkyl halides is 2. The molecule has 0 unspecified atom stereocenters. The van der Waals surface area contributed by atoms with Crippen molar-refractivity contribution in [2.45, 2.75) is 32.1 Å². The smallest absolute Gasteiger partial charge is 0.329 e. The molecule has 8 nitrogen and oxygen atoms in total. The van der Waals surface area contributed by atoms with Crippen molar-refractivity contribution >= 4 is 52.5 Å². The van der Waals surface area contributed by atoms with Gasteiger partial charge in [-0.05, 0) is 35.7 Å². The lowest BCUT2D eigenvalue weighted by atomic mass is 10.1. The molecule has 0 aromatic heterocycles. The lowest BCUT2D eigenvalue weighted by molar-refractivity contribution is -0.148. The van der Waals surface area contributed by atoms with Crippen LogP contribution in [0, 0.1) is 5.82 Å². The Bertz CT molecular complexity index is 1280. The van der Waals surface area contributed by atoms with Crippen LogP contribution < -0.4 is 15.5 Å². The fraction of sp³-hybridized carbons (Fsp3) is 0.300. The molecule has 2 amide bonds. The van der Waals surface area contributed by atoms with Gasteiger partial charge in [-0.25, -0.2) is 14.0 Å². The minimum atomic E-state index is -1.40. The minimum absolute atomic E-state index is 0.0412. The van der Waals surface area contributed by atoms with E-state index < -0.39 is 29.8 Å². The molecule has 0 aliphatic rings. The number of benzene rings is 3. The maximum absolute atomic E-state index is 15.5. The number of hydrogen-bond acceptors (Lipinski definition) is 6. The second-order valence-electron chi connectivity index (χ2n) is 9.00. The molecule has 2 N–H and O–H groups in total. The first-order valence-electron chi connectivity index (χ1n) is 13.0. The number of rotatable bonds is 15. The van der Waals surface area contributed by atoms with Crippen LogP contribution in [0.4, 0.5) is 20.6 Å². The Balaban J connectivity index is 1.84. The second kappa shape index (κ2) is 16.4. The number of primary amides is 1. The van der Waals surface area contributed by atoms with E-state index in [1.807, 2.05) is 24.3 Å². The van der Waals surface area contributed by atoms with Crippen molar-refractivity contribution in [1.82, 2.24) is 0 Å². The van der Waals surface area contributed by atoms with Crippen LogP contribution in [0.5, 0.6) is 0 Å². The van der Waals surface area contributed by atoms with Crippen LogP contribution in [-0.2, 0) is 32.3 Å². The van der Waals surface area contributed by atoms with E-state index in [0.29, 0.717) is 36.1 Å². The monoisotopic (exact) mass is 603 g/mol. The van der Waals surface area contributed by atoms with Crippen molar-refractivity contribution < 1.29 is 28.2 Å². The Kier molecular flexibility index (Phi) is 12.7. The number of nitrogens with zero attached hydrogens (tertiary/aromatic N) is 2. The molecule has 0 heterocycles. The number of halogens is 3. The van der Waals surface area contributed by atoms with E-state index in [0.717, 1.165) is 10.5 Å². The number of hydrogen-bond donors (Lipinski definition) is 1. The van der Waals surface area contributed by atoms with Crippen molar-refractivity contribution in [2.24, 2.45) is 5.73 Å². The van der Waals surface area contributed by atoms with E-state index in [1.54, 1.807) is 47.4 Å². The Labute approximate surface area is 248 Å². The molecule has 0 saturated heterocycles. The Morgan fingerprint density at radius 2 is 1.39 bits per heavy atom. The quantitative estimate of drug-likeness (QED) is 0.178. The maximum atomic E-state index is 15.5. The zero-order valence-electron chi connectivity index (χ0n) is 22.4. The van der Waals surface area contributed by atoms with E-state index in [4.69, 9.17) is 38.4 Å². The molecular formula is C30H32Cl2FN3O5. The lowest BCUT2D eigenvalue weighted by Crippen LogP contribution is -2.49. The molecule has 3 aromatic rings. The number of esters is 2. The van der Waals surface area contributed by atoms with Gasteiger partial charge in [0, 0.05) is 37.0 Å². The summed E-state index contributed by atoms with van der Waals surface area (Å²) >= 11 is 11.8. The zero-order valence-corrected chi connectivity index (χ0v) is 23.9. The highest BCUT2D eigenvalue weighted by molar-refractivity contribution is 6.18. The molecule has 3 rings (SSSR count). The highest BCUT2D eigenvalue weighted by atomic mass is 35.5. The average Bonchev–Trinajstić information content (AvgIpc) is 2.98. The number of amides is 2. The first kappa shape index (κ1) is 31.7. The highest BCUT2D eigenvalue weighted by Gasteiger charge is 2.34. The minimum Gasteiger partial charge on any atom is -0.461 e. The van der Waals surface area contributed by atoms with Crippen LogP contribution >= 0.6 is 23.2 Å². The molecule has 218 valence electrons. The molecule has 0 saturated carbocycles. The van der Waals surface area contributed by atoms with Gasteiger partial charge in [-0.1, -0.05) is 60.7 Å². The SMILES string of the molecule is NC(=O)N(c1ccc(N(CCCl)CCCl)cc1F)[C@@H](CCC(=O)OCc1ccccc1)C(=O)OCc1ccccc1. The number of carbonyl (C=O) groups is 3. The molecule has 0 aliphatic carbocycles. The van der Waals surface area contributed by atoms with Crippen LogP contribution in [0.1, 0.15) is 24.0 Å². The first-order chi connectivity index (χ1) is 19.8. The van der Waals surface area contributed by atoms with Crippen molar-refractivity contribution in [1.29, 1.82) is 0 Å². The molecule has 0 bridgehead atoms. The fourth-order valence-corrected chi connectivity index (χ4v) is 4.55. The normalized spacial score (nSPS) is 11.4. The van der Waals surface area contributed by atoms with Crippen molar-refractivity contribution in [2.75, 3.05) is 34.6 Å². The van der Waals surface area contributed by atoms with Gasteiger partial charge >= 0.3 is 18.0 Å². The summed E-state index contributed by atoms with van der Waals surface area (Å²) in [5.41, 5.74) is 7.42. The van der Waals surface area contributed by atoms with Gasteiger partial charge in [0.15, 0.2) is 0 Å². The summed E-state index contributed by atoms with van der Waals surface area (Å²) in [6.07, 6.45) is -0.462. The van der Waals surface area contributed by atoms with Crippen molar-refractivity contribution in [3.05, 3.63) is 95.8 Å². The highest BCUT2D eigenvalue weighted by Crippen LogP contribution is 2.28. The largest absolute Gasteiger partial charge is 0.461 e. The maximum Gasteiger partial charge on any atom is 0.329 e. The second-order valence-corrected chi connectivity index (χ2v) is 9.76. The predicted octanol–water partition coefficient (Wildman–Crippen LogP) is 5.63. The zero-order chi connectivity index (χ0) is 29.6.